The number of fused-ring (bicyclic) bond motifs is 1. The zero-order valence-electron chi connectivity index (χ0n) is 12.6. The highest BCUT2D eigenvalue weighted by Gasteiger charge is 2.10. The summed E-state index contributed by atoms with van der Waals surface area (Å²) in [5, 5.41) is 14.1. The normalized spacial score (nSPS) is 12.8. The van der Waals surface area contributed by atoms with E-state index in [0.29, 0.717) is 12.0 Å². The van der Waals surface area contributed by atoms with E-state index in [2.05, 4.69) is 56.6 Å². The highest BCUT2D eigenvalue weighted by Crippen LogP contribution is 2.19. The van der Waals surface area contributed by atoms with Crippen LogP contribution in [0.25, 0.3) is 11.0 Å². The molecule has 0 aromatic carbocycles. The first kappa shape index (κ1) is 14.5. The Morgan fingerprint density at radius 3 is 2.90 bits per heavy atom. The number of hydrogen-bond acceptors (Lipinski definition) is 6. The molecule has 0 aliphatic heterocycles. The first-order valence-electron chi connectivity index (χ1n) is 6.98. The molecular formula is C13H23N7. The lowest BCUT2D eigenvalue weighted by Crippen LogP contribution is -2.32. The molecule has 0 spiro atoms. The molecule has 2 aromatic heterocycles. The van der Waals surface area contributed by atoms with Gasteiger partial charge in [0.15, 0.2) is 5.65 Å². The van der Waals surface area contributed by atoms with Gasteiger partial charge in [-0.3, -0.25) is 5.10 Å². The second-order valence-corrected chi connectivity index (χ2v) is 4.94. The highest BCUT2D eigenvalue weighted by molar-refractivity contribution is 5.86. The van der Waals surface area contributed by atoms with E-state index in [1.807, 2.05) is 0 Å². The number of likely N-dealkylation sites (N-methyl/N-ethyl adjacent to an activating group) is 1. The fraction of sp³-hybridized carbons (Fsp3) is 0.615. The second-order valence-electron chi connectivity index (χ2n) is 4.94. The summed E-state index contributed by atoms with van der Waals surface area (Å²) in [4.78, 5) is 11.1. The Bertz CT molecular complexity index is 551. The lowest BCUT2D eigenvalue weighted by Gasteiger charge is -2.23. The van der Waals surface area contributed by atoms with E-state index in [4.69, 9.17) is 0 Å². The number of aromatic amines is 1. The molecule has 2 heterocycles. The van der Waals surface area contributed by atoms with E-state index in [1.165, 1.54) is 0 Å². The van der Waals surface area contributed by atoms with Gasteiger partial charge in [-0.15, -0.1) is 0 Å². The van der Waals surface area contributed by atoms with Gasteiger partial charge in [0.1, 0.15) is 5.82 Å². The minimum absolute atomic E-state index is 0.583. The summed E-state index contributed by atoms with van der Waals surface area (Å²) in [7, 11) is 3.94. The van der Waals surface area contributed by atoms with Crippen LogP contribution in [0.3, 0.4) is 0 Å². The Balaban J connectivity index is 2.04. The van der Waals surface area contributed by atoms with Crippen LogP contribution in [0, 0.1) is 0 Å². The van der Waals surface area contributed by atoms with E-state index >= 15 is 0 Å². The van der Waals surface area contributed by atoms with Gasteiger partial charge in [0.25, 0.3) is 0 Å². The van der Waals surface area contributed by atoms with Gasteiger partial charge in [-0.1, -0.05) is 6.92 Å². The Morgan fingerprint density at radius 1 is 1.40 bits per heavy atom. The van der Waals surface area contributed by atoms with Crippen molar-refractivity contribution in [2.24, 2.45) is 0 Å². The van der Waals surface area contributed by atoms with Crippen LogP contribution >= 0.6 is 0 Å². The SMILES string of the molecule is CCC(C)N(C)CCNc1nc(NC)nc2[nH]ncc12. The van der Waals surface area contributed by atoms with Gasteiger partial charge < -0.3 is 15.5 Å². The van der Waals surface area contributed by atoms with E-state index in [9.17, 15) is 0 Å². The van der Waals surface area contributed by atoms with E-state index in [1.54, 1.807) is 13.2 Å². The molecule has 1 unspecified atom stereocenters. The Kier molecular flexibility index (Phi) is 4.73. The number of H-pyrrole nitrogens is 1. The third-order valence-corrected chi connectivity index (χ3v) is 3.63. The van der Waals surface area contributed by atoms with Crippen LogP contribution in [-0.4, -0.2) is 58.3 Å². The molecule has 0 aliphatic rings. The molecule has 1 atom stereocenters. The van der Waals surface area contributed by atoms with Gasteiger partial charge in [0.2, 0.25) is 5.95 Å². The van der Waals surface area contributed by atoms with Crippen molar-refractivity contribution in [3.8, 4) is 0 Å². The fourth-order valence-electron chi connectivity index (χ4n) is 1.96. The maximum Gasteiger partial charge on any atom is 0.226 e. The summed E-state index contributed by atoms with van der Waals surface area (Å²) in [6.45, 7) is 6.24. The van der Waals surface area contributed by atoms with Crippen molar-refractivity contribution in [3.63, 3.8) is 0 Å². The average Bonchev–Trinajstić information content (AvgIpc) is 2.94. The molecule has 0 saturated heterocycles. The largest absolute Gasteiger partial charge is 0.368 e. The minimum Gasteiger partial charge on any atom is -0.368 e. The molecule has 0 fully saturated rings. The predicted molar refractivity (Wildman–Crippen MR) is 82.1 cm³/mol. The van der Waals surface area contributed by atoms with Crippen molar-refractivity contribution >= 4 is 22.8 Å². The average molecular weight is 277 g/mol. The van der Waals surface area contributed by atoms with E-state index < -0.39 is 0 Å². The van der Waals surface area contributed by atoms with Crippen LogP contribution in [0.1, 0.15) is 20.3 Å². The molecule has 0 radical (unpaired) electrons. The monoisotopic (exact) mass is 277 g/mol. The van der Waals surface area contributed by atoms with Crippen LogP contribution in [-0.2, 0) is 0 Å². The maximum absolute atomic E-state index is 4.44. The van der Waals surface area contributed by atoms with E-state index in [-0.39, 0.29) is 0 Å². The molecule has 2 aromatic rings. The Labute approximate surface area is 119 Å². The molecule has 3 N–H and O–H groups in total. The van der Waals surface area contributed by atoms with Gasteiger partial charge in [-0.05, 0) is 20.4 Å². The van der Waals surface area contributed by atoms with Gasteiger partial charge >= 0.3 is 0 Å². The zero-order valence-corrected chi connectivity index (χ0v) is 12.6. The molecule has 7 heteroatoms. The van der Waals surface area contributed by atoms with Crippen molar-refractivity contribution < 1.29 is 0 Å². The Hall–Kier alpha value is -1.89. The summed E-state index contributed by atoms with van der Waals surface area (Å²) in [5.41, 5.74) is 0.738. The molecule has 0 saturated carbocycles. The van der Waals surface area contributed by atoms with Crippen molar-refractivity contribution in [2.45, 2.75) is 26.3 Å². The minimum atomic E-state index is 0.583. The maximum atomic E-state index is 4.44. The summed E-state index contributed by atoms with van der Waals surface area (Å²) >= 11 is 0. The summed E-state index contributed by atoms with van der Waals surface area (Å²) in [5.74, 6) is 1.39. The van der Waals surface area contributed by atoms with Crippen LogP contribution in [0.4, 0.5) is 11.8 Å². The van der Waals surface area contributed by atoms with Crippen molar-refractivity contribution in [1.82, 2.24) is 25.1 Å². The van der Waals surface area contributed by atoms with Gasteiger partial charge in [0, 0.05) is 26.2 Å². The topological polar surface area (TPSA) is 81.8 Å². The predicted octanol–water partition coefficient (Wildman–Crippen LogP) is 1.54. The lowest BCUT2D eigenvalue weighted by atomic mass is 10.2. The van der Waals surface area contributed by atoms with Crippen molar-refractivity contribution in [1.29, 1.82) is 0 Å². The third-order valence-electron chi connectivity index (χ3n) is 3.63. The fourth-order valence-corrected chi connectivity index (χ4v) is 1.96. The first-order valence-corrected chi connectivity index (χ1v) is 6.98. The van der Waals surface area contributed by atoms with Crippen LogP contribution in [0.15, 0.2) is 6.20 Å². The number of nitrogens with zero attached hydrogens (tertiary/aromatic N) is 4. The summed E-state index contributed by atoms with van der Waals surface area (Å²) in [6, 6.07) is 0.587. The van der Waals surface area contributed by atoms with Crippen LogP contribution < -0.4 is 10.6 Å². The molecule has 0 amide bonds. The summed E-state index contributed by atoms with van der Waals surface area (Å²) < 4.78 is 0. The smallest absolute Gasteiger partial charge is 0.226 e. The molecule has 110 valence electrons. The number of rotatable bonds is 7. The van der Waals surface area contributed by atoms with E-state index in [0.717, 1.165) is 36.4 Å². The lowest BCUT2D eigenvalue weighted by molar-refractivity contribution is 0.261. The standard InChI is InChI=1S/C13H23N7/c1-5-9(2)20(4)7-6-15-11-10-8-16-19-12(10)18-13(14-3)17-11/h8-9H,5-7H2,1-4H3,(H3,14,15,16,17,18,19). The molecular weight excluding hydrogens is 254 g/mol. The van der Waals surface area contributed by atoms with Crippen LogP contribution in [0.5, 0.6) is 0 Å². The zero-order chi connectivity index (χ0) is 14.5. The van der Waals surface area contributed by atoms with Gasteiger partial charge in [-0.2, -0.15) is 15.1 Å². The number of anilines is 2. The molecule has 7 nitrogen and oxygen atoms in total. The number of nitrogens with one attached hydrogen (secondary N) is 3. The number of hydrogen-bond donors (Lipinski definition) is 3. The van der Waals surface area contributed by atoms with Crippen molar-refractivity contribution in [3.05, 3.63) is 6.20 Å². The number of aromatic nitrogens is 4. The molecule has 20 heavy (non-hydrogen) atoms. The summed E-state index contributed by atoms with van der Waals surface area (Å²) in [6.07, 6.45) is 2.90. The quantitative estimate of drug-likeness (QED) is 0.712. The molecule has 0 bridgehead atoms. The van der Waals surface area contributed by atoms with Gasteiger partial charge in [0.05, 0.1) is 11.6 Å². The Morgan fingerprint density at radius 2 is 2.20 bits per heavy atom. The molecule has 2 rings (SSSR count). The first-order chi connectivity index (χ1) is 9.65. The highest BCUT2D eigenvalue weighted by atomic mass is 15.2. The molecule has 0 aliphatic carbocycles. The third kappa shape index (κ3) is 3.16. The van der Waals surface area contributed by atoms with Crippen LogP contribution in [0.2, 0.25) is 0 Å². The second kappa shape index (κ2) is 6.51. The van der Waals surface area contributed by atoms with Crippen molar-refractivity contribution in [2.75, 3.05) is 37.8 Å². The van der Waals surface area contributed by atoms with Gasteiger partial charge in [-0.25, -0.2) is 0 Å².